The predicted octanol–water partition coefficient (Wildman–Crippen LogP) is 3.63. The minimum atomic E-state index is -3.53. The van der Waals surface area contributed by atoms with E-state index < -0.39 is 36.3 Å². The van der Waals surface area contributed by atoms with Gasteiger partial charge in [0, 0.05) is 12.8 Å². The van der Waals surface area contributed by atoms with Gasteiger partial charge in [-0.15, -0.1) is 5.06 Å². The molecule has 1 heterocycles. The van der Waals surface area contributed by atoms with E-state index in [-0.39, 0.29) is 18.4 Å². The Morgan fingerprint density at radius 3 is 2.00 bits per heavy atom. The Kier molecular flexibility index (Phi) is 5.16. The molecule has 0 atom stereocenters. The van der Waals surface area contributed by atoms with Crippen molar-refractivity contribution < 1.29 is 23.3 Å². The Hall–Kier alpha value is -2.02. The fourth-order valence-corrected chi connectivity index (χ4v) is 8.31. The summed E-state index contributed by atoms with van der Waals surface area (Å²) in [6.07, 6.45) is 0.0570. The summed E-state index contributed by atoms with van der Waals surface area (Å²) < 4.78 is 16.4. The SMILES string of the molecule is CC(C)(C)[Si]([18F])(c1cccc(C(=O)ON2C(=O)CCC2=O)c1)C(C)(C)C. The van der Waals surface area contributed by atoms with Crippen molar-refractivity contribution in [1.82, 2.24) is 5.06 Å². The van der Waals surface area contributed by atoms with Crippen molar-refractivity contribution in [2.45, 2.75) is 64.5 Å². The lowest BCUT2D eigenvalue weighted by molar-refractivity contribution is -0.172. The van der Waals surface area contributed by atoms with Crippen LogP contribution in [0.1, 0.15) is 64.7 Å². The molecule has 5 nitrogen and oxygen atoms in total. The van der Waals surface area contributed by atoms with Crippen LogP contribution in [0.4, 0.5) is 4.11 Å². The van der Waals surface area contributed by atoms with Crippen LogP contribution in [0.3, 0.4) is 0 Å². The van der Waals surface area contributed by atoms with Crippen molar-refractivity contribution in [3.05, 3.63) is 29.8 Å². The maximum atomic E-state index is 16.4. The molecule has 1 aromatic carbocycles. The van der Waals surface area contributed by atoms with E-state index in [0.29, 0.717) is 10.2 Å². The van der Waals surface area contributed by atoms with Crippen LogP contribution >= 0.6 is 0 Å². The molecule has 1 fully saturated rings. The maximum absolute atomic E-state index is 16.4. The molecule has 1 aliphatic rings. The number of carbonyl (C=O) groups is 3. The minimum absolute atomic E-state index is 0.0285. The molecular formula is C19H26FNO4Si. The number of benzene rings is 1. The largest absolute Gasteiger partial charge is 0.363 e. The first-order valence-electron chi connectivity index (χ1n) is 8.66. The Morgan fingerprint density at radius 1 is 1.04 bits per heavy atom. The Morgan fingerprint density at radius 2 is 1.54 bits per heavy atom. The first-order valence-corrected chi connectivity index (χ1v) is 10.5. The van der Waals surface area contributed by atoms with Crippen molar-refractivity contribution in [3.8, 4) is 0 Å². The highest BCUT2D eigenvalue weighted by Crippen LogP contribution is 2.51. The molecule has 0 unspecified atom stereocenters. The average Bonchev–Trinajstić information content (AvgIpc) is 2.84. The molecule has 7 heteroatoms. The third kappa shape index (κ3) is 3.45. The monoisotopic (exact) mass is 378 g/mol. The highest BCUT2D eigenvalue weighted by atomic mass is 28.4. The fraction of sp³-hybridized carbons (Fsp3) is 0.526. The zero-order valence-electron chi connectivity index (χ0n) is 16.2. The Labute approximate surface area is 154 Å². The molecule has 0 radical (unpaired) electrons. The molecule has 0 spiro atoms. The quantitative estimate of drug-likeness (QED) is 0.458. The normalized spacial score (nSPS) is 16.2. The highest BCUT2D eigenvalue weighted by Gasteiger charge is 2.56. The van der Waals surface area contributed by atoms with E-state index in [2.05, 4.69) is 0 Å². The van der Waals surface area contributed by atoms with Gasteiger partial charge in [0.15, 0.2) is 0 Å². The minimum Gasteiger partial charge on any atom is -0.325 e. The Bertz CT molecular complexity index is 719. The number of nitrogens with zero attached hydrogens (tertiary/aromatic N) is 1. The van der Waals surface area contributed by atoms with Crippen molar-refractivity contribution in [2.24, 2.45) is 0 Å². The van der Waals surface area contributed by atoms with Gasteiger partial charge in [-0.1, -0.05) is 53.7 Å². The molecule has 1 aliphatic heterocycles. The van der Waals surface area contributed by atoms with Crippen LogP contribution in [-0.2, 0) is 14.4 Å². The lowest BCUT2D eigenvalue weighted by atomic mass is 10.2. The molecule has 1 aromatic rings. The first kappa shape index (κ1) is 20.3. The standard InChI is InChI=1S/C19H26FNO4Si/c1-18(2,3)26(20,19(4,5)6)14-9-7-8-13(12-14)17(24)25-21-15(22)10-11-16(21)23/h7-9,12H,10-11H2,1-6H3/i20-1. The third-order valence-corrected chi connectivity index (χ3v) is 9.98. The number of halogens is 1. The van der Waals surface area contributed by atoms with Crippen molar-refractivity contribution in [3.63, 3.8) is 0 Å². The summed E-state index contributed by atoms with van der Waals surface area (Å²) in [5.74, 6) is -1.93. The van der Waals surface area contributed by atoms with Crippen molar-refractivity contribution in [2.75, 3.05) is 0 Å². The lowest BCUT2D eigenvalue weighted by Crippen LogP contribution is -2.58. The molecule has 26 heavy (non-hydrogen) atoms. The average molecular weight is 379 g/mol. The maximum Gasteiger partial charge on any atom is 0.363 e. The summed E-state index contributed by atoms with van der Waals surface area (Å²) in [6.45, 7) is 11.2. The smallest absolute Gasteiger partial charge is 0.325 e. The summed E-state index contributed by atoms with van der Waals surface area (Å²) in [6, 6.07) is 6.30. The van der Waals surface area contributed by atoms with Gasteiger partial charge in [0.2, 0.25) is 0 Å². The molecule has 1 saturated heterocycles. The molecule has 0 N–H and O–H groups in total. The molecule has 2 amide bonds. The van der Waals surface area contributed by atoms with Gasteiger partial charge in [-0.3, -0.25) is 9.59 Å². The zero-order chi connectivity index (χ0) is 19.9. The number of carbonyl (C=O) groups excluding carboxylic acids is 3. The third-order valence-electron chi connectivity index (χ3n) is 4.74. The van der Waals surface area contributed by atoms with Gasteiger partial charge in [-0.05, 0) is 27.4 Å². The van der Waals surface area contributed by atoms with Gasteiger partial charge >= 0.3 is 5.97 Å². The lowest BCUT2D eigenvalue weighted by Gasteiger charge is -2.45. The molecule has 0 saturated carbocycles. The number of amides is 2. The van der Waals surface area contributed by atoms with Gasteiger partial charge in [-0.2, -0.15) is 0 Å². The molecular weight excluding hydrogens is 352 g/mol. The molecule has 0 aromatic heterocycles. The number of rotatable bonds is 3. The summed E-state index contributed by atoms with van der Waals surface area (Å²) in [7, 11) is -3.53. The van der Waals surface area contributed by atoms with E-state index in [1.807, 2.05) is 41.5 Å². The van der Waals surface area contributed by atoms with Crippen molar-refractivity contribution in [1.29, 1.82) is 0 Å². The molecule has 2 rings (SSSR count). The van der Waals surface area contributed by atoms with E-state index in [4.69, 9.17) is 4.84 Å². The van der Waals surface area contributed by atoms with Crippen LogP contribution < -0.4 is 5.19 Å². The van der Waals surface area contributed by atoms with Crippen LogP contribution in [0.5, 0.6) is 0 Å². The second kappa shape index (κ2) is 6.61. The molecule has 0 aliphatic carbocycles. The van der Waals surface area contributed by atoms with E-state index in [9.17, 15) is 14.4 Å². The van der Waals surface area contributed by atoms with Crippen LogP contribution in [0, 0.1) is 0 Å². The number of imide groups is 1. The van der Waals surface area contributed by atoms with Gasteiger partial charge in [0.1, 0.15) is 0 Å². The fourth-order valence-electron chi connectivity index (χ4n) is 3.64. The van der Waals surface area contributed by atoms with E-state index in [1.54, 1.807) is 12.1 Å². The summed E-state index contributed by atoms with van der Waals surface area (Å²) >= 11 is 0. The summed E-state index contributed by atoms with van der Waals surface area (Å²) in [5.41, 5.74) is 0.123. The van der Waals surface area contributed by atoms with Gasteiger partial charge in [0.25, 0.3) is 20.2 Å². The van der Waals surface area contributed by atoms with Crippen LogP contribution in [-0.4, -0.2) is 31.3 Å². The van der Waals surface area contributed by atoms with Gasteiger partial charge in [0.05, 0.1) is 5.56 Å². The van der Waals surface area contributed by atoms with Crippen LogP contribution in [0.15, 0.2) is 24.3 Å². The number of hydroxylamine groups is 2. The second-order valence-corrected chi connectivity index (χ2v) is 13.6. The number of hydrogen-bond donors (Lipinski definition) is 0. The molecule has 0 bridgehead atoms. The molecule has 142 valence electrons. The van der Waals surface area contributed by atoms with Crippen LogP contribution in [0.2, 0.25) is 10.1 Å². The first-order chi connectivity index (χ1) is 11.8. The Balaban J connectivity index is 2.39. The predicted molar refractivity (Wildman–Crippen MR) is 98.9 cm³/mol. The highest BCUT2D eigenvalue weighted by molar-refractivity contribution is 6.90. The van der Waals surface area contributed by atoms with Crippen LogP contribution in [0.25, 0.3) is 0 Å². The zero-order valence-corrected chi connectivity index (χ0v) is 17.2. The van der Waals surface area contributed by atoms with Gasteiger partial charge in [-0.25, -0.2) is 4.79 Å². The summed E-state index contributed by atoms with van der Waals surface area (Å²) in [5, 5.41) is -0.183. The van der Waals surface area contributed by atoms with Crippen molar-refractivity contribution >= 4 is 31.4 Å². The second-order valence-electron chi connectivity index (χ2n) is 8.70. The van der Waals surface area contributed by atoms with Gasteiger partial charge < -0.3 is 8.95 Å². The number of hydrogen-bond acceptors (Lipinski definition) is 4. The van der Waals surface area contributed by atoms with E-state index in [1.165, 1.54) is 12.1 Å². The topological polar surface area (TPSA) is 63.7 Å². The van der Waals surface area contributed by atoms with E-state index >= 15 is 4.11 Å². The van der Waals surface area contributed by atoms with E-state index in [0.717, 1.165) is 0 Å². The summed E-state index contributed by atoms with van der Waals surface area (Å²) in [4.78, 5) is 40.6.